The summed E-state index contributed by atoms with van der Waals surface area (Å²) in [7, 11) is 0. The maximum Gasteiger partial charge on any atom is 0.303 e. The molecule has 2 amide bonds. The number of fused-ring (bicyclic) bond motifs is 2. The Labute approximate surface area is 192 Å². The van der Waals surface area contributed by atoms with Gasteiger partial charge in [-0.25, -0.2) is 0 Å². The molecule has 4 atom stereocenters. The SMILES string of the molecule is CCCCCC(=O)NCC(=O)NCCCC[C@H]1[C@@H](C/C=C\CCCC(=O)O)[C@H]2CC[C@@H]1O2. The number of hydrogen-bond acceptors (Lipinski definition) is 4. The summed E-state index contributed by atoms with van der Waals surface area (Å²) in [6.07, 6.45) is 16.7. The molecule has 0 spiro atoms. The van der Waals surface area contributed by atoms with Gasteiger partial charge >= 0.3 is 5.97 Å². The van der Waals surface area contributed by atoms with Crippen LogP contribution in [0.3, 0.4) is 0 Å². The molecule has 2 fully saturated rings. The monoisotopic (exact) mass is 450 g/mol. The Morgan fingerprint density at radius 2 is 1.69 bits per heavy atom. The number of amides is 2. The fraction of sp³-hybridized carbons (Fsp3) is 0.800. The highest BCUT2D eigenvalue weighted by Gasteiger charge is 2.47. The van der Waals surface area contributed by atoms with Gasteiger partial charge < -0.3 is 20.5 Å². The van der Waals surface area contributed by atoms with E-state index in [9.17, 15) is 14.4 Å². The van der Waals surface area contributed by atoms with Crippen LogP contribution in [-0.4, -0.2) is 48.2 Å². The van der Waals surface area contributed by atoms with Gasteiger partial charge in [-0.2, -0.15) is 0 Å². The molecule has 7 heteroatoms. The lowest BCUT2D eigenvalue weighted by Crippen LogP contribution is -2.37. The highest BCUT2D eigenvalue weighted by molar-refractivity contribution is 5.84. The second-order valence-corrected chi connectivity index (χ2v) is 9.19. The lowest BCUT2D eigenvalue weighted by Gasteiger charge is -2.27. The van der Waals surface area contributed by atoms with Crippen molar-refractivity contribution in [2.24, 2.45) is 11.8 Å². The van der Waals surface area contributed by atoms with Gasteiger partial charge in [0.25, 0.3) is 0 Å². The van der Waals surface area contributed by atoms with Crippen molar-refractivity contribution in [2.75, 3.05) is 13.1 Å². The minimum atomic E-state index is -0.733. The summed E-state index contributed by atoms with van der Waals surface area (Å²) in [6, 6.07) is 0. The molecule has 0 aliphatic carbocycles. The van der Waals surface area contributed by atoms with Crippen molar-refractivity contribution >= 4 is 17.8 Å². The number of allylic oxidation sites excluding steroid dienone is 2. The Bertz CT molecular complexity index is 621. The van der Waals surface area contributed by atoms with E-state index in [0.29, 0.717) is 43.4 Å². The Balaban J connectivity index is 1.57. The van der Waals surface area contributed by atoms with Crippen LogP contribution in [0, 0.1) is 11.8 Å². The first-order valence-electron chi connectivity index (χ1n) is 12.6. The molecule has 7 nitrogen and oxygen atoms in total. The van der Waals surface area contributed by atoms with Gasteiger partial charge in [-0.1, -0.05) is 38.3 Å². The zero-order valence-corrected chi connectivity index (χ0v) is 19.7. The van der Waals surface area contributed by atoms with E-state index in [1.165, 1.54) is 0 Å². The number of unbranched alkanes of at least 4 members (excludes halogenated alkanes) is 4. The molecular formula is C25H42N2O5. The smallest absolute Gasteiger partial charge is 0.303 e. The molecule has 0 aromatic rings. The van der Waals surface area contributed by atoms with E-state index in [2.05, 4.69) is 29.7 Å². The van der Waals surface area contributed by atoms with Gasteiger partial charge in [0, 0.05) is 19.4 Å². The number of nitrogens with one attached hydrogen (secondary N) is 2. The van der Waals surface area contributed by atoms with Crippen molar-refractivity contribution in [1.29, 1.82) is 0 Å². The second-order valence-electron chi connectivity index (χ2n) is 9.19. The summed E-state index contributed by atoms with van der Waals surface area (Å²) in [5.41, 5.74) is 0. The molecule has 2 bridgehead atoms. The lowest BCUT2D eigenvalue weighted by atomic mass is 9.75. The summed E-state index contributed by atoms with van der Waals surface area (Å²) in [6.45, 7) is 2.80. The Hall–Kier alpha value is -1.89. The quantitative estimate of drug-likeness (QED) is 0.230. The minimum Gasteiger partial charge on any atom is -0.481 e. The van der Waals surface area contributed by atoms with Crippen molar-refractivity contribution in [3.8, 4) is 0 Å². The normalized spacial score (nSPS) is 24.2. The van der Waals surface area contributed by atoms with Gasteiger partial charge in [-0.05, 0) is 63.2 Å². The van der Waals surface area contributed by atoms with E-state index in [1.807, 2.05) is 0 Å². The molecule has 0 radical (unpaired) electrons. The van der Waals surface area contributed by atoms with Gasteiger partial charge in [-0.15, -0.1) is 0 Å². The molecule has 0 saturated carbocycles. The molecule has 0 aromatic carbocycles. The summed E-state index contributed by atoms with van der Waals surface area (Å²) < 4.78 is 6.17. The number of carboxylic acids is 1. The van der Waals surface area contributed by atoms with Crippen molar-refractivity contribution in [3.05, 3.63) is 12.2 Å². The van der Waals surface area contributed by atoms with Crippen LogP contribution in [0.4, 0.5) is 0 Å². The molecular weight excluding hydrogens is 408 g/mol. The second kappa shape index (κ2) is 15.0. The molecule has 0 unspecified atom stereocenters. The minimum absolute atomic E-state index is 0.0492. The van der Waals surface area contributed by atoms with Crippen molar-refractivity contribution in [2.45, 2.75) is 103 Å². The number of carboxylic acid groups (broad SMARTS) is 1. The average molecular weight is 451 g/mol. The van der Waals surface area contributed by atoms with Crippen molar-refractivity contribution in [1.82, 2.24) is 10.6 Å². The van der Waals surface area contributed by atoms with Crippen LogP contribution in [0.5, 0.6) is 0 Å². The van der Waals surface area contributed by atoms with Crippen LogP contribution in [-0.2, 0) is 19.1 Å². The molecule has 182 valence electrons. The summed E-state index contributed by atoms with van der Waals surface area (Å²) in [5, 5.41) is 14.3. The maximum absolute atomic E-state index is 11.9. The highest BCUT2D eigenvalue weighted by atomic mass is 16.5. The first kappa shape index (κ1) is 26.4. The predicted molar refractivity (Wildman–Crippen MR) is 124 cm³/mol. The van der Waals surface area contributed by atoms with E-state index in [0.717, 1.165) is 64.2 Å². The van der Waals surface area contributed by atoms with Crippen molar-refractivity contribution < 1.29 is 24.2 Å². The number of aliphatic carboxylic acids is 1. The van der Waals surface area contributed by atoms with E-state index in [-0.39, 0.29) is 24.8 Å². The van der Waals surface area contributed by atoms with E-state index in [1.54, 1.807) is 0 Å². The summed E-state index contributed by atoms with van der Waals surface area (Å²) in [5.74, 6) is 0.232. The van der Waals surface area contributed by atoms with E-state index < -0.39 is 5.97 Å². The Kier molecular flexibility index (Phi) is 12.4. The maximum atomic E-state index is 11.9. The van der Waals surface area contributed by atoms with Gasteiger partial charge in [0.15, 0.2) is 0 Å². The van der Waals surface area contributed by atoms with Crippen LogP contribution in [0.1, 0.15) is 90.4 Å². The first-order valence-corrected chi connectivity index (χ1v) is 12.6. The molecule has 0 aromatic heterocycles. The van der Waals surface area contributed by atoms with E-state index >= 15 is 0 Å². The molecule has 2 rings (SSSR count). The van der Waals surface area contributed by atoms with Crippen LogP contribution in [0.25, 0.3) is 0 Å². The summed E-state index contributed by atoms with van der Waals surface area (Å²) >= 11 is 0. The molecule has 2 aliphatic heterocycles. The number of rotatable bonds is 17. The molecule has 2 heterocycles. The van der Waals surface area contributed by atoms with Crippen LogP contribution >= 0.6 is 0 Å². The first-order chi connectivity index (χ1) is 15.5. The van der Waals surface area contributed by atoms with Crippen LogP contribution in [0.2, 0.25) is 0 Å². The van der Waals surface area contributed by atoms with Gasteiger partial charge in [0.1, 0.15) is 0 Å². The zero-order chi connectivity index (χ0) is 23.2. The van der Waals surface area contributed by atoms with Gasteiger partial charge in [-0.3, -0.25) is 14.4 Å². The summed E-state index contributed by atoms with van der Waals surface area (Å²) in [4.78, 5) is 34.1. The third kappa shape index (κ3) is 9.72. The molecule has 2 aliphatic rings. The number of carbonyl (C=O) groups is 3. The fourth-order valence-electron chi connectivity index (χ4n) is 4.94. The van der Waals surface area contributed by atoms with E-state index in [4.69, 9.17) is 9.84 Å². The van der Waals surface area contributed by atoms with Crippen molar-refractivity contribution in [3.63, 3.8) is 0 Å². The molecule has 3 N–H and O–H groups in total. The number of carbonyl (C=O) groups excluding carboxylic acids is 2. The fourth-order valence-corrected chi connectivity index (χ4v) is 4.94. The molecule has 32 heavy (non-hydrogen) atoms. The topological polar surface area (TPSA) is 105 Å². The average Bonchev–Trinajstić information content (AvgIpc) is 3.36. The number of hydrogen-bond donors (Lipinski definition) is 3. The predicted octanol–water partition coefficient (Wildman–Crippen LogP) is 3.96. The number of ether oxygens (including phenoxy) is 1. The zero-order valence-electron chi connectivity index (χ0n) is 19.7. The third-order valence-corrected chi connectivity index (χ3v) is 6.67. The highest BCUT2D eigenvalue weighted by Crippen LogP contribution is 2.47. The Morgan fingerprint density at radius 1 is 0.906 bits per heavy atom. The Morgan fingerprint density at radius 3 is 2.44 bits per heavy atom. The largest absolute Gasteiger partial charge is 0.481 e. The van der Waals surface area contributed by atoms with Crippen LogP contribution < -0.4 is 10.6 Å². The third-order valence-electron chi connectivity index (χ3n) is 6.67. The molecule has 2 saturated heterocycles. The standard InChI is InChI=1S/C25H42N2O5/c1-2-3-6-13-23(28)27-18-24(29)26-17-10-9-12-20-19(21-15-16-22(20)32-21)11-7-4-5-8-14-25(30)31/h4,7,19-22H,2-3,5-6,8-18H2,1H3,(H,26,29)(H,27,28)(H,30,31)/b7-4-/t19-,20+,21-,22+/m1/s1. The van der Waals surface area contributed by atoms with Gasteiger partial charge in [0.05, 0.1) is 18.8 Å². The van der Waals surface area contributed by atoms with Gasteiger partial charge in [0.2, 0.25) is 11.8 Å². The van der Waals surface area contributed by atoms with Crippen LogP contribution in [0.15, 0.2) is 12.2 Å². The lowest BCUT2D eigenvalue weighted by molar-refractivity contribution is -0.137.